The third-order valence-electron chi connectivity index (χ3n) is 3.09. The summed E-state index contributed by atoms with van der Waals surface area (Å²) in [7, 11) is 0. The molecule has 0 aliphatic rings. The SMILES string of the molecule is CCN(CC)c1ccc(-c2cs[c]n2)cc1C(F)(F)F. The van der Waals surface area contributed by atoms with E-state index in [0.717, 1.165) is 6.07 Å². The third kappa shape index (κ3) is 2.95. The molecule has 0 amide bonds. The van der Waals surface area contributed by atoms with Gasteiger partial charge in [-0.25, -0.2) is 4.98 Å². The highest BCUT2D eigenvalue weighted by Gasteiger charge is 2.35. The van der Waals surface area contributed by atoms with E-state index in [2.05, 4.69) is 10.5 Å². The van der Waals surface area contributed by atoms with Gasteiger partial charge in [-0.2, -0.15) is 13.2 Å². The lowest BCUT2D eigenvalue weighted by Crippen LogP contribution is -2.25. The Bertz CT molecular complexity index is 560. The average Bonchev–Trinajstić information content (AvgIpc) is 2.93. The fraction of sp³-hybridized carbons (Fsp3) is 0.357. The molecule has 20 heavy (non-hydrogen) atoms. The molecule has 6 heteroatoms. The Morgan fingerprint density at radius 3 is 2.45 bits per heavy atom. The third-order valence-corrected chi connectivity index (χ3v) is 3.63. The molecule has 107 valence electrons. The molecule has 1 heterocycles. The Morgan fingerprint density at radius 2 is 1.95 bits per heavy atom. The van der Waals surface area contributed by atoms with Crippen molar-refractivity contribution in [3.8, 4) is 11.3 Å². The molecule has 0 N–H and O–H groups in total. The molecule has 1 radical (unpaired) electrons. The van der Waals surface area contributed by atoms with Gasteiger partial charge in [0.15, 0.2) is 5.51 Å². The fourth-order valence-electron chi connectivity index (χ4n) is 2.08. The van der Waals surface area contributed by atoms with Gasteiger partial charge in [0.1, 0.15) is 0 Å². The lowest BCUT2D eigenvalue weighted by atomic mass is 10.1. The smallest absolute Gasteiger partial charge is 0.372 e. The van der Waals surface area contributed by atoms with E-state index < -0.39 is 11.7 Å². The van der Waals surface area contributed by atoms with Crippen LogP contribution in [0.4, 0.5) is 18.9 Å². The van der Waals surface area contributed by atoms with Gasteiger partial charge in [-0.05, 0) is 26.0 Å². The molecular formula is C14H14F3N2S. The predicted octanol–water partition coefficient (Wildman–Crippen LogP) is 4.48. The Kier molecular flexibility index (Phi) is 4.32. The zero-order chi connectivity index (χ0) is 14.8. The van der Waals surface area contributed by atoms with Gasteiger partial charge >= 0.3 is 6.18 Å². The summed E-state index contributed by atoms with van der Waals surface area (Å²) in [5.41, 5.74) is 3.22. The van der Waals surface area contributed by atoms with Crippen LogP contribution in [0.1, 0.15) is 19.4 Å². The van der Waals surface area contributed by atoms with Gasteiger partial charge in [-0.15, -0.1) is 11.3 Å². The van der Waals surface area contributed by atoms with Crippen LogP contribution in [0.25, 0.3) is 11.3 Å². The molecule has 0 aliphatic heterocycles. The van der Waals surface area contributed by atoms with Gasteiger partial charge in [-0.3, -0.25) is 0 Å². The van der Waals surface area contributed by atoms with Crippen LogP contribution in [0.15, 0.2) is 23.6 Å². The number of nitrogens with zero attached hydrogens (tertiary/aromatic N) is 2. The van der Waals surface area contributed by atoms with Crippen LogP contribution in [0.3, 0.4) is 0 Å². The topological polar surface area (TPSA) is 16.1 Å². The molecule has 0 atom stereocenters. The van der Waals surface area contributed by atoms with Gasteiger partial charge < -0.3 is 4.90 Å². The zero-order valence-corrected chi connectivity index (χ0v) is 12.0. The maximum absolute atomic E-state index is 13.3. The molecule has 2 aromatic rings. The molecule has 0 unspecified atom stereocenters. The van der Waals surface area contributed by atoms with Crippen molar-refractivity contribution < 1.29 is 13.2 Å². The van der Waals surface area contributed by atoms with Gasteiger partial charge in [0, 0.05) is 29.7 Å². The van der Waals surface area contributed by atoms with Crippen LogP contribution in [0, 0.1) is 5.51 Å². The van der Waals surface area contributed by atoms with E-state index in [0.29, 0.717) is 24.3 Å². The zero-order valence-electron chi connectivity index (χ0n) is 11.2. The minimum absolute atomic E-state index is 0.213. The normalized spacial score (nSPS) is 11.7. The predicted molar refractivity (Wildman–Crippen MR) is 74.9 cm³/mol. The highest BCUT2D eigenvalue weighted by atomic mass is 32.1. The molecule has 0 fully saturated rings. The number of thiazole rings is 1. The molecule has 0 bridgehead atoms. The van der Waals surface area contributed by atoms with Crippen molar-refractivity contribution in [2.75, 3.05) is 18.0 Å². The quantitative estimate of drug-likeness (QED) is 0.827. The van der Waals surface area contributed by atoms with Gasteiger partial charge in [0.05, 0.1) is 11.3 Å². The lowest BCUT2D eigenvalue weighted by Gasteiger charge is -2.25. The largest absolute Gasteiger partial charge is 0.418 e. The van der Waals surface area contributed by atoms with Crippen molar-refractivity contribution in [2.45, 2.75) is 20.0 Å². The van der Waals surface area contributed by atoms with E-state index in [9.17, 15) is 13.2 Å². The van der Waals surface area contributed by atoms with Gasteiger partial charge in [0.25, 0.3) is 0 Å². The molecule has 1 aromatic heterocycles. The first-order chi connectivity index (χ1) is 9.47. The van der Waals surface area contributed by atoms with Crippen LogP contribution in [-0.4, -0.2) is 18.1 Å². The van der Waals surface area contributed by atoms with Crippen molar-refractivity contribution in [2.24, 2.45) is 0 Å². The number of aromatic nitrogens is 1. The highest BCUT2D eigenvalue weighted by molar-refractivity contribution is 7.07. The van der Waals surface area contributed by atoms with Crippen LogP contribution < -0.4 is 4.90 Å². The summed E-state index contributed by atoms with van der Waals surface area (Å²) in [5, 5.41) is 1.69. The molecule has 0 saturated heterocycles. The number of hydrogen-bond donors (Lipinski definition) is 0. The molecule has 0 aliphatic carbocycles. The average molecular weight is 299 g/mol. The van der Waals surface area contributed by atoms with E-state index in [1.165, 1.54) is 17.4 Å². The summed E-state index contributed by atoms with van der Waals surface area (Å²) in [6.07, 6.45) is -4.38. The van der Waals surface area contributed by atoms with Crippen molar-refractivity contribution in [3.63, 3.8) is 0 Å². The maximum Gasteiger partial charge on any atom is 0.418 e. The van der Waals surface area contributed by atoms with E-state index in [-0.39, 0.29) is 5.69 Å². The number of hydrogen-bond acceptors (Lipinski definition) is 3. The minimum atomic E-state index is -4.38. The summed E-state index contributed by atoms with van der Waals surface area (Å²) in [6, 6.07) is 4.35. The molecule has 1 aromatic carbocycles. The van der Waals surface area contributed by atoms with Crippen molar-refractivity contribution in [1.82, 2.24) is 4.98 Å². The fourth-order valence-corrected chi connectivity index (χ4v) is 2.58. The van der Waals surface area contributed by atoms with Crippen LogP contribution in [0.5, 0.6) is 0 Å². The first-order valence-corrected chi connectivity index (χ1v) is 7.13. The number of benzene rings is 1. The van der Waals surface area contributed by atoms with E-state index in [1.807, 2.05) is 13.8 Å². The standard InChI is InChI=1S/C14H14F3N2S/c1-3-19(4-2)13-6-5-10(12-8-20-9-18-12)7-11(13)14(15,16)17/h5-8H,3-4H2,1-2H3. The highest BCUT2D eigenvalue weighted by Crippen LogP contribution is 2.39. The molecule has 0 saturated carbocycles. The summed E-state index contributed by atoms with van der Waals surface area (Å²) in [4.78, 5) is 5.63. The Labute approximate surface area is 119 Å². The minimum Gasteiger partial charge on any atom is -0.372 e. The first-order valence-electron chi connectivity index (χ1n) is 6.25. The van der Waals surface area contributed by atoms with Crippen LogP contribution in [-0.2, 0) is 6.18 Å². The van der Waals surface area contributed by atoms with E-state index >= 15 is 0 Å². The van der Waals surface area contributed by atoms with E-state index in [4.69, 9.17) is 0 Å². The Balaban J connectivity index is 2.54. The number of alkyl halides is 3. The Hall–Kier alpha value is -1.56. The Morgan fingerprint density at radius 1 is 1.25 bits per heavy atom. The maximum atomic E-state index is 13.3. The number of anilines is 1. The van der Waals surface area contributed by atoms with Crippen LogP contribution >= 0.6 is 11.3 Å². The first kappa shape index (κ1) is 14.8. The summed E-state index contributed by atoms with van der Waals surface area (Å²) in [5.74, 6) is 0. The summed E-state index contributed by atoms with van der Waals surface area (Å²) < 4.78 is 39.8. The van der Waals surface area contributed by atoms with Crippen molar-refractivity contribution in [3.05, 3.63) is 34.7 Å². The molecule has 0 spiro atoms. The van der Waals surface area contributed by atoms with E-state index in [1.54, 1.807) is 16.3 Å². The second-order valence-electron chi connectivity index (χ2n) is 4.23. The van der Waals surface area contributed by atoms with Gasteiger partial charge in [-0.1, -0.05) is 6.07 Å². The van der Waals surface area contributed by atoms with Crippen LogP contribution in [0.2, 0.25) is 0 Å². The second-order valence-corrected chi connectivity index (χ2v) is 4.88. The monoisotopic (exact) mass is 299 g/mol. The number of rotatable bonds is 4. The lowest BCUT2D eigenvalue weighted by molar-refractivity contribution is -0.137. The molecule has 2 nitrogen and oxygen atoms in total. The molecule has 2 rings (SSSR count). The van der Waals surface area contributed by atoms with Crippen molar-refractivity contribution in [1.29, 1.82) is 0 Å². The summed E-state index contributed by atoms with van der Waals surface area (Å²) >= 11 is 1.24. The number of halogens is 3. The van der Waals surface area contributed by atoms with Gasteiger partial charge in [0.2, 0.25) is 0 Å². The molecular weight excluding hydrogens is 285 g/mol. The van der Waals surface area contributed by atoms with Crippen molar-refractivity contribution >= 4 is 17.0 Å². The summed E-state index contributed by atoms with van der Waals surface area (Å²) in [6.45, 7) is 4.74. The second kappa shape index (κ2) is 5.83.